The monoisotopic (exact) mass is 767 g/mol. The van der Waals surface area contributed by atoms with Crippen LogP contribution >= 0.6 is 0 Å². The van der Waals surface area contributed by atoms with Crippen LogP contribution in [0.5, 0.6) is 0 Å². The van der Waals surface area contributed by atoms with Crippen LogP contribution < -0.4 is 0 Å². The Labute approximate surface area is 338 Å². The first-order chi connectivity index (χ1) is 27.0. The van der Waals surface area contributed by atoms with Crippen molar-refractivity contribution in [3.8, 4) is 0 Å². The molecule has 0 fully saturated rings. The summed E-state index contributed by atoms with van der Waals surface area (Å²) in [5.74, 6) is -0.944. The molecule has 0 aromatic rings. The Hall–Kier alpha value is -3.15. The number of ether oxygens (including phenoxy) is 3. The Balaban J connectivity index is 4.36. The quantitative estimate of drug-likeness (QED) is 0.0268. The second-order valence-corrected chi connectivity index (χ2v) is 14.5. The molecule has 0 saturated carbocycles. The molecular formula is C49H82O6. The summed E-state index contributed by atoms with van der Waals surface area (Å²) in [7, 11) is 0. The average molecular weight is 767 g/mol. The Morgan fingerprint density at radius 2 is 0.709 bits per heavy atom. The number of allylic oxidation sites excluding steroid dienone is 12. The Morgan fingerprint density at radius 1 is 0.382 bits per heavy atom. The van der Waals surface area contributed by atoms with E-state index in [2.05, 4.69) is 93.7 Å². The summed E-state index contributed by atoms with van der Waals surface area (Å²) in [5, 5.41) is 0. The first-order valence-corrected chi connectivity index (χ1v) is 22.4. The number of hydrogen-bond acceptors (Lipinski definition) is 6. The number of carbonyl (C=O) groups is 3. The molecule has 314 valence electrons. The van der Waals surface area contributed by atoms with Gasteiger partial charge >= 0.3 is 17.9 Å². The summed E-state index contributed by atoms with van der Waals surface area (Å²) < 4.78 is 16.6. The molecule has 6 nitrogen and oxygen atoms in total. The van der Waals surface area contributed by atoms with Crippen LogP contribution in [0.4, 0.5) is 0 Å². The van der Waals surface area contributed by atoms with E-state index in [-0.39, 0.29) is 31.1 Å². The van der Waals surface area contributed by atoms with Gasteiger partial charge in [0.05, 0.1) is 0 Å². The van der Waals surface area contributed by atoms with E-state index in [1.54, 1.807) is 0 Å². The van der Waals surface area contributed by atoms with Crippen molar-refractivity contribution in [2.75, 3.05) is 13.2 Å². The van der Waals surface area contributed by atoms with Crippen molar-refractivity contribution >= 4 is 17.9 Å². The van der Waals surface area contributed by atoms with Crippen LogP contribution in [-0.4, -0.2) is 37.2 Å². The van der Waals surface area contributed by atoms with E-state index in [0.717, 1.165) is 109 Å². The number of hydrogen-bond donors (Lipinski definition) is 0. The van der Waals surface area contributed by atoms with Crippen molar-refractivity contribution in [2.24, 2.45) is 0 Å². The second-order valence-electron chi connectivity index (χ2n) is 14.5. The maximum absolute atomic E-state index is 12.7. The molecule has 6 heteroatoms. The number of esters is 3. The van der Waals surface area contributed by atoms with Crippen LogP contribution in [0.1, 0.15) is 201 Å². The first kappa shape index (κ1) is 51.9. The SMILES string of the molecule is CC/C=C\C/C=C\C/C=C\CCCCCCCCCC(=O)OCC(COC(=O)CCCCCCCCC)OC(=O)CCCCC/C=C\C/C=C\C/C=C\CC. The molecule has 0 radical (unpaired) electrons. The molecule has 1 unspecified atom stereocenters. The largest absolute Gasteiger partial charge is 0.462 e. The highest BCUT2D eigenvalue weighted by Crippen LogP contribution is 2.13. The molecular weight excluding hydrogens is 685 g/mol. The van der Waals surface area contributed by atoms with E-state index in [1.807, 2.05) is 0 Å². The van der Waals surface area contributed by atoms with Crippen molar-refractivity contribution in [1.29, 1.82) is 0 Å². The van der Waals surface area contributed by atoms with Crippen LogP contribution in [0.25, 0.3) is 0 Å². The van der Waals surface area contributed by atoms with Gasteiger partial charge in [0.1, 0.15) is 13.2 Å². The van der Waals surface area contributed by atoms with Gasteiger partial charge in [0.25, 0.3) is 0 Å². The molecule has 1 atom stereocenters. The van der Waals surface area contributed by atoms with Crippen molar-refractivity contribution in [3.05, 3.63) is 72.9 Å². The third-order valence-corrected chi connectivity index (χ3v) is 9.21. The van der Waals surface area contributed by atoms with Crippen molar-refractivity contribution in [1.82, 2.24) is 0 Å². The van der Waals surface area contributed by atoms with E-state index in [4.69, 9.17) is 14.2 Å². The van der Waals surface area contributed by atoms with Gasteiger partial charge < -0.3 is 14.2 Å². The lowest BCUT2D eigenvalue weighted by atomic mass is 10.1. The topological polar surface area (TPSA) is 78.9 Å². The Morgan fingerprint density at radius 3 is 1.13 bits per heavy atom. The lowest BCUT2D eigenvalue weighted by molar-refractivity contribution is -0.167. The molecule has 0 heterocycles. The maximum Gasteiger partial charge on any atom is 0.306 e. The predicted octanol–water partition coefficient (Wildman–Crippen LogP) is 14.3. The molecule has 55 heavy (non-hydrogen) atoms. The third-order valence-electron chi connectivity index (χ3n) is 9.21. The second kappa shape index (κ2) is 43.6. The van der Waals surface area contributed by atoms with Crippen molar-refractivity contribution in [2.45, 2.75) is 207 Å². The summed E-state index contributed by atoms with van der Waals surface area (Å²) >= 11 is 0. The van der Waals surface area contributed by atoms with E-state index < -0.39 is 6.10 Å². The van der Waals surface area contributed by atoms with Gasteiger partial charge in [-0.3, -0.25) is 14.4 Å². The van der Waals surface area contributed by atoms with Crippen LogP contribution in [-0.2, 0) is 28.6 Å². The molecule has 0 amide bonds. The van der Waals surface area contributed by atoms with Crippen LogP contribution in [0.15, 0.2) is 72.9 Å². The Bertz CT molecular complexity index is 1070. The number of rotatable bonds is 39. The van der Waals surface area contributed by atoms with Crippen LogP contribution in [0.2, 0.25) is 0 Å². The third kappa shape index (κ3) is 41.8. The van der Waals surface area contributed by atoms with Crippen LogP contribution in [0.3, 0.4) is 0 Å². The average Bonchev–Trinajstić information content (AvgIpc) is 3.18. The lowest BCUT2D eigenvalue weighted by Gasteiger charge is -2.18. The molecule has 0 aromatic heterocycles. The minimum atomic E-state index is -0.790. The zero-order valence-electron chi connectivity index (χ0n) is 35.7. The maximum atomic E-state index is 12.7. The van der Waals surface area contributed by atoms with E-state index in [1.165, 1.54) is 51.4 Å². The lowest BCUT2D eigenvalue weighted by Crippen LogP contribution is -2.30. The van der Waals surface area contributed by atoms with Gasteiger partial charge in [-0.15, -0.1) is 0 Å². The standard InChI is InChI=1S/C49H82O6/c1-4-7-10-13-16-18-20-22-23-24-25-27-28-30-33-36-39-42-48(51)54-45-46(44-53-47(50)41-38-35-32-15-12-9-6-3)55-49(52)43-40-37-34-31-29-26-21-19-17-14-11-8-5-2/h7-8,10-11,16-19,22-23,26,29,46H,4-6,9,12-15,20-21,24-25,27-28,30-45H2,1-3H3/b10-7-,11-8-,18-16-,19-17-,23-22-,29-26-. The first-order valence-electron chi connectivity index (χ1n) is 22.4. The fourth-order valence-electron chi connectivity index (χ4n) is 5.88. The fraction of sp³-hybridized carbons (Fsp3) is 0.694. The minimum Gasteiger partial charge on any atom is -0.462 e. The zero-order valence-corrected chi connectivity index (χ0v) is 35.7. The molecule has 0 aromatic carbocycles. The van der Waals surface area contributed by atoms with Gasteiger partial charge in [-0.1, -0.05) is 171 Å². The summed E-state index contributed by atoms with van der Waals surface area (Å²) in [5.41, 5.74) is 0. The predicted molar refractivity (Wildman–Crippen MR) is 233 cm³/mol. The zero-order chi connectivity index (χ0) is 40.1. The van der Waals surface area contributed by atoms with E-state index >= 15 is 0 Å². The summed E-state index contributed by atoms with van der Waals surface area (Å²) in [4.78, 5) is 37.6. The highest BCUT2D eigenvalue weighted by Gasteiger charge is 2.19. The fourth-order valence-corrected chi connectivity index (χ4v) is 5.88. The number of carbonyl (C=O) groups excluding carboxylic acids is 3. The molecule has 0 bridgehead atoms. The van der Waals surface area contributed by atoms with Gasteiger partial charge in [-0.25, -0.2) is 0 Å². The molecule has 0 aliphatic heterocycles. The van der Waals surface area contributed by atoms with Gasteiger partial charge in [-0.2, -0.15) is 0 Å². The van der Waals surface area contributed by atoms with Crippen molar-refractivity contribution in [3.63, 3.8) is 0 Å². The molecule has 0 N–H and O–H groups in total. The summed E-state index contributed by atoms with van der Waals surface area (Å²) in [6.45, 7) is 6.31. The number of unbranched alkanes of at least 4 members (excludes halogenated alkanes) is 16. The van der Waals surface area contributed by atoms with E-state index in [9.17, 15) is 14.4 Å². The summed E-state index contributed by atoms with van der Waals surface area (Å²) in [6, 6.07) is 0. The smallest absolute Gasteiger partial charge is 0.306 e. The van der Waals surface area contributed by atoms with Gasteiger partial charge in [0, 0.05) is 19.3 Å². The highest BCUT2D eigenvalue weighted by molar-refractivity contribution is 5.71. The highest BCUT2D eigenvalue weighted by atomic mass is 16.6. The van der Waals surface area contributed by atoms with Crippen molar-refractivity contribution < 1.29 is 28.6 Å². The summed E-state index contributed by atoms with van der Waals surface area (Å²) in [6.07, 6.45) is 53.3. The van der Waals surface area contributed by atoms with Gasteiger partial charge in [0.15, 0.2) is 6.10 Å². The molecule has 0 rings (SSSR count). The molecule has 0 spiro atoms. The van der Waals surface area contributed by atoms with Crippen LogP contribution in [0, 0.1) is 0 Å². The van der Waals surface area contributed by atoms with Gasteiger partial charge in [0.2, 0.25) is 0 Å². The van der Waals surface area contributed by atoms with Gasteiger partial charge in [-0.05, 0) is 83.5 Å². The van der Waals surface area contributed by atoms with E-state index in [0.29, 0.717) is 19.3 Å². The molecule has 0 saturated heterocycles. The Kier molecular flexibility index (Phi) is 41.1. The molecule has 0 aliphatic carbocycles. The molecule has 0 aliphatic rings. The normalized spacial score (nSPS) is 12.7. The minimum absolute atomic E-state index is 0.0910.